The fourth-order valence-electron chi connectivity index (χ4n) is 3.55. The number of nitrogens with zero attached hydrogens (tertiary/aromatic N) is 3. The van der Waals surface area contributed by atoms with Gasteiger partial charge in [-0.1, -0.05) is 30.3 Å². The third kappa shape index (κ3) is 4.94. The first-order chi connectivity index (χ1) is 15.0. The van der Waals surface area contributed by atoms with Gasteiger partial charge in [0, 0.05) is 17.8 Å². The first-order valence-corrected chi connectivity index (χ1v) is 10.3. The van der Waals surface area contributed by atoms with Crippen LogP contribution in [0.1, 0.15) is 18.4 Å². The van der Waals surface area contributed by atoms with Crippen molar-refractivity contribution in [3.05, 3.63) is 66.2 Å². The summed E-state index contributed by atoms with van der Waals surface area (Å²) < 4.78 is 5.15. The van der Waals surface area contributed by atoms with Gasteiger partial charge in [-0.25, -0.2) is 0 Å². The number of carbonyl (C=O) groups excluding carboxylic acids is 3. The van der Waals surface area contributed by atoms with E-state index in [9.17, 15) is 14.4 Å². The highest BCUT2D eigenvalue weighted by Gasteiger charge is 2.37. The lowest BCUT2D eigenvalue weighted by atomic mass is 10.2. The number of anilines is 1. The van der Waals surface area contributed by atoms with Crippen LogP contribution in [-0.4, -0.2) is 60.4 Å². The van der Waals surface area contributed by atoms with Crippen LogP contribution < -0.4 is 9.64 Å². The number of rotatable bonds is 7. The number of amides is 3. The number of carbonyl (C=O) groups is 3. The molecule has 1 aliphatic heterocycles. The average Bonchev–Trinajstić information content (AvgIpc) is 3.57. The predicted molar refractivity (Wildman–Crippen MR) is 117 cm³/mol. The topological polar surface area (TPSA) is 70.2 Å². The summed E-state index contributed by atoms with van der Waals surface area (Å²) >= 11 is 0. The zero-order valence-corrected chi connectivity index (χ0v) is 17.4. The van der Waals surface area contributed by atoms with Crippen molar-refractivity contribution < 1.29 is 19.1 Å². The molecular formula is C24H25N3O4. The molecule has 2 aromatic rings. The molecule has 1 aliphatic carbocycles. The van der Waals surface area contributed by atoms with Crippen LogP contribution in [0.15, 0.2) is 60.7 Å². The molecule has 2 aromatic carbocycles. The zero-order valence-electron chi connectivity index (χ0n) is 17.4. The van der Waals surface area contributed by atoms with Crippen LogP contribution in [0.25, 0.3) is 6.08 Å². The van der Waals surface area contributed by atoms with Crippen molar-refractivity contribution in [1.29, 1.82) is 0 Å². The first-order valence-electron chi connectivity index (χ1n) is 10.3. The van der Waals surface area contributed by atoms with Crippen molar-refractivity contribution in [2.45, 2.75) is 18.9 Å². The van der Waals surface area contributed by atoms with Crippen molar-refractivity contribution in [3.8, 4) is 5.75 Å². The monoisotopic (exact) mass is 419 g/mol. The Labute approximate surface area is 181 Å². The Morgan fingerprint density at radius 3 is 2.45 bits per heavy atom. The summed E-state index contributed by atoms with van der Waals surface area (Å²) in [4.78, 5) is 42.8. The fraction of sp³-hybridized carbons (Fsp3) is 0.292. The Kier molecular flexibility index (Phi) is 6.02. The van der Waals surface area contributed by atoms with Gasteiger partial charge in [0.05, 0.1) is 7.11 Å². The van der Waals surface area contributed by atoms with E-state index in [1.807, 2.05) is 30.3 Å². The highest BCUT2D eigenvalue weighted by Crippen LogP contribution is 2.28. The van der Waals surface area contributed by atoms with Crippen LogP contribution in [0.2, 0.25) is 0 Å². The highest BCUT2D eigenvalue weighted by molar-refractivity contribution is 6.01. The van der Waals surface area contributed by atoms with Gasteiger partial charge in [-0.15, -0.1) is 0 Å². The average molecular weight is 419 g/mol. The molecule has 160 valence electrons. The third-order valence-corrected chi connectivity index (χ3v) is 5.47. The third-order valence-electron chi connectivity index (χ3n) is 5.47. The highest BCUT2D eigenvalue weighted by atomic mass is 16.5. The number of benzene rings is 2. The Balaban J connectivity index is 1.39. The van der Waals surface area contributed by atoms with Crippen molar-refractivity contribution in [1.82, 2.24) is 9.80 Å². The standard InChI is InChI=1S/C24H25N3O4/c1-31-21-12-10-20(11-13-21)27-17-25(15-24(27)30)23(29)16-26(19-8-9-19)22(28)14-7-18-5-3-2-4-6-18/h2-7,10-14,19H,8-9,15-17H2,1H3/b14-7+. The molecule has 7 nitrogen and oxygen atoms in total. The van der Waals surface area contributed by atoms with E-state index in [4.69, 9.17) is 4.74 Å². The van der Waals surface area contributed by atoms with Gasteiger partial charge < -0.3 is 14.5 Å². The van der Waals surface area contributed by atoms with E-state index in [1.54, 1.807) is 47.3 Å². The first kappa shape index (κ1) is 20.7. The van der Waals surface area contributed by atoms with E-state index in [0.717, 1.165) is 18.4 Å². The summed E-state index contributed by atoms with van der Waals surface area (Å²) in [6, 6.07) is 16.8. The maximum absolute atomic E-state index is 12.9. The molecule has 4 rings (SSSR count). The van der Waals surface area contributed by atoms with Gasteiger partial charge in [0.15, 0.2) is 0 Å². The second-order valence-corrected chi connectivity index (χ2v) is 7.69. The number of ether oxygens (including phenoxy) is 1. The second kappa shape index (κ2) is 9.04. The molecule has 0 atom stereocenters. The van der Waals surface area contributed by atoms with E-state index in [1.165, 1.54) is 11.0 Å². The summed E-state index contributed by atoms with van der Waals surface area (Å²) in [6.07, 6.45) is 5.07. The molecule has 1 saturated carbocycles. The molecule has 1 heterocycles. The predicted octanol–water partition coefficient (Wildman–Crippen LogP) is 2.53. The maximum atomic E-state index is 12.9. The zero-order chi connectivity index (χ0) is 21.8. The molecule has 0 N–H and O–H groups in total. The van der Waals surface area contributed by atoms with Crippen LogP contribution in [0.5, 0.6) is 5.75 Å². The van der Waals surface area contributed by atoms with Crippen molar-refractivity contribution >= 4 is 29.5 Å². The Hall–Kier alpha value is -3.61. The molecule has 1 saturated heterocycles. The smallest absolute Gasteiger partial charge is 0.248 e. The molecule has 2 aliphatic rings. The number of hydrogen-bond donors (Lipinski definition) is 0. The lowest BCUT2D eigenvalue weighted by Crippen LogP contribution is -2.43. The Morgan fingerprint density at radius 2 is 1.81 bits per heavy atom. The summed E-state index contributed by atoms with van der Waals surface area (Å²) in [7, 11) is 1.58. The minimum Gasteiger partial charge on any atom is -0.497 e. The Bertz CT molecular complexity index is 984. The van der Waals surface area contributed by atoms with Crippen LogP contribution in [0, 0.1) is 0 Å². The van der Waals surface area contributed by atoms with Gasteiger partial charge in [0.1, 0.15) is 25.5 Å². The quantitative estimate of drug-likeness (QED) is 0.647. The maximum Gasteiger partial charge on any atom is 0.248 e. The summed E-state index contributed by atoms with van der Waals surface area (Å²) in [5.41, 5.74) is 1.64. The van der Waals surface area contributed by atoms with Gasteiger partial charge in [-0.3, -0.25) is 19.3 Å². The van der Waals surface area contributed by atoms with Crippen molar-refractivity contribution in [2.24, 2.45) is 0 Å². The van der Waals surface area contributed by atoms with Crippen LogP contribution in [0.3, 0.4) is 0 Å². The molecule has 0 bridgehead atoms. The van der Waals surface area contributed by atoms with E-state index in [0.29, 0.717) is 11.4 Å². The van der Waals surface area contributed by atoms with Crippen LogP contribution >= 0.6 is 0 Å². The fourth-order valence-corrected chi connectivity index (χ4v) is 3.55. The summed E-state index contributed by atoms with van der Waals surface area (Å²) in [5.74, 6) is 0.146. The number of hydrogen-bond acceptors (Lipinski definition) is 4. The van der Waals surface area contributed by atoms with Gasteiger partial charge in [-0.2, -0.15) is 0 Å². The lowest BCUT2D eigenvalue weighted by molar-refractivity contribution is -0.138. The van der Waals surface area contributed by atoms with E-state index in [2.05, 4.69) is 0 Å². The molecular weight excluding hydrogens is 394 g/mol. The largest absolute Gasteiger partial charge is 0.497 e. The van der Waals surface area contributed by atoms with E-state index < -0.39 is 0 Å². The van der Waals surface area contributed by atoms with E-state index in [-0.39, 0.29) is 43.5 Å². The normalized spacial score (nSPS) is 16.1. The second-order valence-electron chi connectivity index (χ2n) is 7.69. The molecule has 7 heteroatoms. The molecule has 0 unspecified atom stereocenters. The molecule has 0 spiro atoms. The molecule has 0 aromatic heterocycles. The molecule has 0 radical (unpaired) electrons. The van der Waals surface area contributed by atoms with Crippen molar-refractivity contribution in [3.63, 3.8) is 0 Å². The minimum absolute atomic E-state index is 0.0113. The van der Waals surface area contributed by atoms with Gasteiger partial charge in [-0.05, 0) is 48.7 Å². The SMILES string of the molecule is COc1ccc(N2CN(C(=O)CN(C(=O)/C=C/c3ccccc3)C3CC3)CC2=O)cc1. The Morgan fingerprint density at radius 1 is 1.10 bits per heavy atom. The summed E-state index contributed by atoms with van der Waals surface area (Å²) in [5, 5.41) is 0. The van der Waals surface area contributed by atoms with Crippen LogP contribution in [-0.2, 0) is 14.4 Å². The molecule has 3 amide bonds. The molecule has 2 fully saturated rings. The summed E-state index contributed by atoms with van der Waals surface area (Å²) in [6.45, 7) is 0.167. The van der Waals surface area contributed by atoms with Crippen molar-refractivity contribution in [2.75, 3.05) is 31.8 Å². The molecule has 31 heavy (non-hydrogen) atoms. The van der Waals surface area contributed by atoms with E-state index >= 15 is 0 Å². The van der Waals surface area contributed by atoms with Gasteiger partial charge in [0.25, 0.3) is 0 Å². The minimum atomic E-state index is -0.224. The van der Waals surface area contributed by atoms with Gasteiger partial charge in [0.2, 0.25) is 17.7 Å². The lowest BCUT2D eigenvalue weighted by Gasteiger charge is -2.24. The number of methoxy groups -OCH3 is 1. The van der Waals surface area contributed by atoms with Crippen LogP contribution in [0.4, 0.5) is 5.69 Å². The van der Waals surface area contributed by atoms with Gasteiger partial charge >= 0.3 is 0 Å².